The molecule has 0 radical (unpaired) electrons. The van der Waals surface area contributed by atoms with Crippen LogP contribution in [-0.2, 0) is 0 Å². The predicted molar refractivity (Wildman–Crippen MR) is 26.8 cm³/mol. The molecular weight excluding hydrogens is 148 g/mol. The average Bonchev–Trinajstić information content (AvgIpc) is 0.722. The van der Waals surface area contributed by atoms with Crippen molar-refractivity contribution >= 4 is 46.8 Å². The summed E-state index contributed by atoms with van der Waals surface area (Å²) in [5, 5.41) is 0. The van der Waals surface area contributed by atoms with Crippen molar-refractivity contribution in [3.05, 3.63) is 0 Å². The van der Waals surface area contributed by atoms with E-state index in [0.717, 1.165) is 0 Å². The van der Waals surface area contributed by atoms with Crippen LogP contribution in [0.4, 0.5) is 0 Å². The molecule has 0 saturated carbocycles. The van der Waals surface area contributed by atoms with E-state index in [-0.39, 0.29) is 43.2 Å². The van der Waals surface area contributed by atoms with E-state index in [1.807, 2.05) is 0 Å². The summed E-state index contributed by atoms with van der Waals surface area (Å²) in [6, 6.07) is 0. The van der Waals surface area contributed by atoms with E-state index < -0.39 is 9.05 Å². The molecule has 0 fully saturated rings. The Bertz CT molecular complexity index is 23.6. The standard InChI is InChI=1S/Ca.H4O4Si.H2O.2H/c;1-5(2,3)4;;;/h;1-4H;1H2;;. The summed E-state index contributed by atoms with van der Waals surface area (Å²) in [4.78, 5) is 29.3. The molecule has 0 bridgehead atoms. The first-order valence-electron chi connectivity index (χ1n) is 0.894. The Kier molecular flexibility index (Phi) is 12.2. The number of hydrogen-bond donors (Lipinski definition) is 4. The molecule has 0 amide bonds. The van der Waals surface area contributed by atoms with Crippen LogP contribution < -0.4 is 0 Å². The third-order valence-corrected chi connectivity index (χ3v) is 0. The van der Waals surface area contributed by atoms with Crippen molar-refractivity contribution in [2.75, 3.05) is 0 Å². The van der Waals surface area contributed by atoms with Crippen LogP contribution >= 0.6 is 0 Å². The van der Waals surface area contributed by atoms with E-state index >= 15 is 0 Å². The molecule has 44 valence electrons. The van der Waals surface area contributed by atoms with Gasteiger partial charge in [-0.05, 0) is 0 Å². The molecule has 0 aromatic heterocycles. The number of hydrogen-bond acceptors (Lipinski definition) is 4. The SMILES string of the molecule is O.O[Si](O)(O)O.[CaH2]. The molecular formula is H8CaO5Si. The van der Waals surface area contributed by atoms with Crippen molar-refractivity contribution in [3.63, 3.8) is 0 Å². The molecule has 0 aliphatic rings. The van der Waals surface area contributed by atoms with Crippen molar-refractivity contribution in [1.82, 2.24) is 0 Å². The van der Waals surface area contributed by atoms with E-state index in [4.69, 9.17) is 19.2 Å². The first-order valence-corrected chi connectivity index (χ1v) is 2.68. The summed E-state index contributed by atoms with van der Waals surface area (Å²) in [7, 11) is -4.61. The molecule has 0 atom stereocenters. The normalized spacial score (nSPS) is 8.57. The summed E-state index contributed by atoms with van der Waals surface area (Å²) >= 11 is 0. The van der Waals surface area contributed by atoms with Gasteiger partial charge in [-0.15, -0.1) is 0 Å². The molecule has 0 aliphatic carbocycles. The van der Waals surface area contributed by atoms with Gasteiger partial charge in [0.05, 0.1) is 0 Å². The molecule has 5 nitrogen and oxygen atoms in total. The summed E-state index contributed by atoms with van der Waals surface area (Å²) < 4.78 is 0. The Balaban J connectivity index is -0.0000000800. The third kappa shape index (κ3) is 124. The summed E-state index contributed by atoms with van der Waals surface area (Å²) in [5.41, 5.74) is 0. The first-order chi connectivity index (χ1) is 2.00. The van der Waals surface area contributed by atoms with Crippen molar-refractivity contribution < 1.29 is 24.7 Å². The Morgan fingerprint density at radius 3 is 0.857 bits per heavy atom. The molecule has 0 aromatic rings. The van der Waals surface area contributed by atoms with Crippen LogP contribution in [0.25, 0.3) is 0 Å². The van der Waals surface area contributed by atoms with Gasteiger partial charge in [0.25, 0.3) is 0 Å². The van der Waals surface area contributed by atoms with Gasteiger partial charge in [0.15, 0.2) is 0 Å². The van der Waals surface area contributed by atoms with Gasteiger partial charge < -0.3 is 24.7 Å². The van der Waals surface area contributed by atoms with Crippen LogP contribution in [0, 0.1) is 0 Å². The van der Waals surface area contributed by atoms with Crippen LogP contribution in [0.15, 0.2) is 0 Å². The van der Waals surface area contributed by atoms with Crippen LogP contribution in [-0.4, -0.2) is 71.4 Å². The van der Waals surface area contributed by atoms with Crippen LogP contribution in [0.5, 0.6) is 0 Å². The minimum atomic E-state index is -4.61. The van der Waals surface area contributed by atoms with Gasteiger partial charge in [-0.1, -0.05) is 0 Å². The average molecular weight is 156 g/mol. The van der Waals surface area contributed by atoms with E-state index in [2.05, 4.69) is 0 Å². The van der Waals surface area contributed by atoms with Gasteiger partial charge >= 0.3 is 46.8 Å². The van der Waals surface area contributed by atoms with E-state index in [1.165, 1.54) is 0 Å². The molecule has 0 rings (SSSR count). The quantitative estimate of drug-likeness (QED) is 0.265. The third-order valence-electron chi connectivity index (χ3n) is 0. The van der Waals surface area contributed by atoms with E-state index in [1.54, 1.807) is 0 Å². The number of rotatable bonds is 0. The topological polar surface area (TPSA) is 112 Å². The maximum absolute atomic E-state index is 7.33. The van der Waals surface area contributed by atoms with Crippen molar-refractivity contribution in [1.29, 1.82) is 0 Å². The van der Waals surface area contributed by atoms with Gasteiger partial charge in [0.1, 0.15) is 0 Å². The van der Waals surface area contributed by atoms with Crippen molar-refractivity contribution in [2.45, 2.75) is 0 Å². The molecule has 6 N–H and O–H groups in total. The fourth-order valence-electron chi connectivity index (χ4n) is 0. The zero-order valence-corrected chi connectivity index (χ0v) is 3.79. The summed E-state index contributed by atoms with van der Waals surface area (Å²) in [5.74, 6) is 0. The Morgan fingerprint density at radius 2 is 0.857 bits per heavy atom. The van der Waals surface area contributed by atoms with Crippen LogP contribution in [0.1, 0.15) is 0 Å². The molecule has 7 heavy (non-hydrogen) atoms. The van der Waals surface area contributed by atoms with E-state index in [9.17, 15) is 0 Å². The predicted octanol–water partition coefficient (Wildman–Crippen LogP) is -4.35. The van der Waals surface area contributed by atoms with Crippen LogP contribution in [0.3, 0.4) is 0 Å². The van der Waals surface area contributed by atoms with Gasteiger partial charge in [0, 0.05) is 0 Å². The van der Waals surface area contributed by atoms with Gasteiger partial charge in [0.2, 0.25) is 0 Å². The van der Waals surface area contributed by atoms with Crippen molar-refractivity contribution in [2.24, 2.45) is 0 Å². The second-order valence-corrected chi connectivity index (χ2v) is 1.80. The van der Waals surface area contributed by atoms with Gasteiger partial charge in [-0.25, -0.2) is 0 Å². The zero-order valence-electron chi connectivity index (χ0n) is 2.79. The first kappa shape index (κ1) is 15.7. The molecule has 0 spiro atoms. The molecule has 0 aromatic carbocycles. The van der Waals surface area contributed by atoms with Crippen LogP contribution in [0.2, 0.25) is 0 Å². The molecule has 0 saturated heterocycles. The second-order valence-electron chi connectivity index (χ2n) is 0.600. The molecule has 0 heterocycles. The fraction of sp³-hybridized carbons (Fsp3) is 0. The van der Waals surface area contributed by atoms with Crippen molar-refractivity contribution in [3.8, 4) is 0 Å². The molecule has 0 aliphatic heterocycles. The second kappa shape index (κ2) is 5.41. The summed E-state index contributed by atoms with van der Waals surface area (Å²) in [6.07, 6.45) is 0. The molecule has 7 heteroatoms. The molecule has 0 unspecified atom stereocenters. The monoisotopic (exact) mass is 156 g/mol. The fourth-order valence-corrected chi connectivity index (χ4v) is 0. The Labute approximate surface area is 71.0 Å². The van der Waals surface area contributed by atoms with Gasteiger partial charge in [-0.2, -0.15) is 0 Å². The Hall–Kier alpha value is 1.28. The summed E-state index contributed by atoms with van der Waals surface area (Å²) in [6.45, 7) is 0. The van der Waals surface area contributed by atoms with E-state index in [0.29, 0.717) is 0 Å². The Morgan fingerprint density at radius 1 is 0.857 bits per heavy atom. The minimum absolute atomic E-state index is 0. The zero-order chi connectivity index (χ0) is 4.50. The van der Waals surface area contributed by atoms with Gasteiger partial charge in [-0.3, -0.25) is 0 Å². The maximum atomic E-state index is 7.33.